The summed E-state index contributed by atoms with van der Waals surface area (Å²) in [4.78, 5) is 11.1. The van der Waals surface area contributed by atoms with Crippen LogP contribution in [0.4, 0.5) is 4.79 Å². The van der Waals surface area contributed by atoms with Gasteiger partial charge in [0.25, 0.3) is 0 Å². The molecule has 0 heterocycles. The third-order valence-electron chi connectivity index (χ3n) is 3.41. The number of carbonyl (C=O) groups is 1. The number of aliphatic hydroxyl groups is 1. The number of nitrogens with two attached hydrogens (primary N) is 1. The van der Waals surface area contributed by atoms with Crippen molar-refractivity contribution >= 4 is 6.03 Å². The van der Waals surface area contributed by atoms with Crippen LogP contribution in [0, 0.1) is 0 Å². The van der Waals surface area contributed by atoms with Gasteiger partial charge in [0.05, 0.1) is 6.04 Å². The van der Waals surface area contributed by atoms with Crippen molar-refractivity contribution in [2.24, 2.45) is 5.73 Å². The molecule has 20 heavy (non-hydrogen) atoms. The zero-order valence-electron chi connectivity index (χ0n) is 11.3. The molecule has 0 unspecified atom stereocenters. The maximum absolute atomic E-state index is 11.2. The number of primary amides is 1. The first-order chi connectivity index (χ1) is 9.55. The molecule has 2 aromatic carbocycles. The lowest BCUT2D eigenvalue weighted by Gasteiger charge is -2.35. The second-order valence-corrected chi connectivity index (χ2v) is 4.73. The van der Waals surface area contributed by atoms with Gasteiger partial charge in [-0.1, -0.05) is 60.7 Å². The summed E-state index contributed by atoms with van der Waals surface area (Å²) in [5.41, 5.74) is 5.25. The summed E-state index contributed by atoms with van der Waals surface area (Å²) < 4.78 is 0. The zero-order chi connectivity index (χ0) is 14.6. The van der Waals surface area contributed by atoms with E-state index in [0.717, 1.165) is 0 Å². The fourth-order valence-electron chi connectivity index (χ4n) is 2.37. The Morgan fingerprint density at radius 3 is 1.80 bits per heavy atom. The third-order valence-corrected chi connectivity index (χ3v) is 3.41. The normalized spacial score (nSPS) is 12.7. The smallest absolute Gasteiger partial charge is 0.312 e. The van der Waals surface area contributed by atoms with Gasteiger partial charge in [-0.3, -0.25) is 0 Å². The molecule has 0 radical (unpaired) electrons. The highest BCUT2D eigenvalue weighted by atomic mass is 16.3. The van der Waals surface area contributed by atoms with Crippen LogP contribution in [-0.4, -0.2) is 17.2 Å². The summed E-state index contributed by atoms with van der Waals surface area (Å²) in [6, 6.07) is 17.2. The molecule has 0 aliphatic carbocycles. The van der Waals surface area contributed by atoms with Crippen LogP contribution in [0.25, 0.3) is 0 Å². The van der Waals surface area contributed by atoms with Gasteiger partial charge < -0.3 is 16.2 Å². The van der Waals surface area contributed by atoms with E-state index in [1.165, 1.54) is 0 Å². The van der Waals surface area contributed by atoms with Crippen LogP contribution in [0.5, 0.6) is 0 Å². The quantitative estimate of drug-likeness (QED) is 0.794. The van der Waals surface area contributed by atoms with Crippen molar-refractivity contribution < 1.29 is 9.90 Å². The van der Waals surface area contributed by atoms with Crippen LogP contribution >= 0.6 is 0 Å². The Labute approximate surface area is 118 Å². The molecule has 2 rings (SSSR count). The second kappa shape index (κ2) is 5.75. The van der Waals surface area contributed by atoms with Crippen LogP contribution in [-0.2, 0) is 5.60 Å². The predicted octanol–water partition coefficient (Wildman–Crippen LogP) is 1.98. The van der Waals surface area contributed by atoms with Gasteiger partial charge in [-0.2, -0.15) is 0 Å². The van der Waals surface area contributed by atoms with E-state index in [2.05, 4.69) is 5.32 Å². The first kappa shape index (κ1) is 14.1. The van der Waals surface area contributed by atoms with Crippen LogP contribution < -0.4 is 11.1 Å². The molecule has 4 N–H and O–H groups in total. The summed E-state index contributed by atoms with van der Waals surface area (Å²) >= 11 is 0. The molecule has 4 nitrogen and oxygen atoms in total. The topological polar surface area (TPSA) is 75.3 Å². The molecule has 104 valence electrons. The number of benzene rings is 2. The summed E-state index contributed by atoms with van der Waals surface area (Å²) in [5.74, 6) is 0. The summed E-state index contributed by atoms with van der Waals surface area (Å²) in [5, 5.41) is 13.8. The van der Waals surface area contributed by atoms with E-state index in [1.54, 1.807) is 6.92 Å². The lowest BCUT2D eigenvalue weighted by molar-refractivity contribution is 0.0478. The van der Waals surface area contributed by atoms with E-state index in [0.29, 0.717) is 11.1 Å². The van der Waals surface area contributed by atoms with Gasteiger partial charge in [-0.05, 0) is 18.1 Å². The summed E-state index contributed by atoms with van der Waals surface area (Å²) in [6.07, 6.45) is 0. The Morgan fingerprint density at radius 2 is 1.45 bits per heavy atom. The fourth-order valence-corrected chi connectivity index (χ4v) is 2.37. The van der Waals surface area contributed by atoms with Crippen molar-refractivity contribution in [3.63, 3.8) is 0 Å². The lowest BCUT2D eigenvalue weighted by Crippen LogP contribution is -2.51. The maximum Gasteiger partial charge on any atom is 0.312 e. The Balaban J connectivity index is 2.52. The number of hydrogen-bond acceptors (Lipinski definition) is 2. The Bertz CT molecular complexity index is 530. The number of amides is 2. The van der Waals surface area contributed by atoms with Crippen molar-refractivity contribution in [2.75, 3.05) is 0 Å². The second-order valence-electron chi connectivity index (χ2n) is 4.73. The predicted molar refractivity (Wildman–Crippen MR) is 78.1 cm³/mol. The first-order valence-corrected chi connectivity index (χ1v) is 6.44. The molecule has 0 bridgehead atoms. The third kappa shape index (κ3) is 2.65. The molecule has 0 saturated carbocycles. The minimum Gasteiger partial charge on any atom is -0.378 e. The molecule has 0 aromatic heterocycles. The highest BCUT2D eigenvalue weighted by molar-refractivity contribution is 5.72. The van der Waals surface area contributed by atoms with E-state index in [1.807, 2.05) is 60.7 Å². The van der Waals surface area contributed by atoms with Crippen molar-refractivity contribution in [3.8, 4) is 0 Å². The summed E-state index contributed by atoms with van der Waals surface area (Å²) in [6.45, 7) is 1.73. The zero-order valence-corrected chi connectivity index (χ0v) is 11.3. The van der Waals surface area contributed by atoms with Gasteiger partial charge >= 0.3 is 6.03 Å². The number of nitrogens with one attached hydrogen (secondary N) is 1. The molecule has 0 aliphatic rings. The van der Waals surface area contributed by atoms with E-state index >= 15 is 0 Å². The van der Waals surface area contributed by atoms with Crippen molar-refractivity contribution in [2.45, 2.75) is 18.6 Å². The standard InChI is InChI=1S/C16H18N2O2/c1-12(18-15(17)19)16(20,13-8-4-2-5-9-13)14-10-6-3-7-11-14/h2-12,20H,1H3,(H3,17,18,19)/t12-/m1/s1. The molecule has 0 aliphatic heterocycles. The molecule has 2 aromatic rings. The largest absolute Gasteiger partial charge is 0.378 e. The molecule has 4 heteroatoms. The number of urea groups is 1. The van der Waals surface area contributed by atoms with Crippen molar-refractivity contribution in [1.29, 1.82) is 0 Å². The maximum atomic E-state index is 11.2. The van der Waals surface area contributed by atoms with Crippen LogP contribution in [0.15, 0.2) is 60.7 Å². The van der Waals surface area contributed by atoms with E-state index in [-0.39, 0.29) is 0 Å². The van der Waals surface area contributed by atoms with Crippen LogP contribution in [0.1, 0.15) is 18.1 Å². The van der Waals surface area contributed by atoms with Crippen molar-refractivity contribution in [1.82, 2.24) is 5.32 Å². The van der Waals surface area contributed by atoms with E-state index in [4.69, 9.17) is 5.73 Å². The van der Waals surface area contributed by atoms with E-state index in [9.17, 15) is 9.90 Å². The van der Waals surface area contributed by atoms with Gasteiger partial charge in [0, 0.05) is 0 Å². The van der Waals surface area contributed by atoms with Gasteiger partial charge in [-0.15, -0.1) is 0 Å². The number of rotatable bonds is 4. The molecule has 1 atom stereocenters. The molecule has 0 saturated heterocycles. The van der Waals surface area contributed by atoms with Crippen molar-refractivity contribution in [3.05, 3.63) is 71.8 Å². The van der Waals surface area contributed by atoms with Crippen LogP contribution in [0.3, 0.4) is 0 Å². The van der Waals surface area contributed by atoms with Gasteiger partial charge in [0.1, 0.15) is 5.60 Å². The minimum atomic E-state index is -1.34. The van der Waals surface area contributed by atoms with Gasteiger partial charge in [0.2, 0.25) is 0 Å². The SMILES string of the molecule is C[C@@H](NC(N)=O)C(O)(c1ccccc1)c1ccccc1. The molecule has 2 amide bonds. The highest BCUT2D eigenvalue weighted by Crippen LogP contribution is 2.32. The molecular weight excluding hydrogens is 252 g/mol. The molecule has 0 spiro atoms. The van der Waals surface area contributed by atoms with E-state index < -0.39 is 17.7 Å². The number of carbonyl (C=O) groups excluding carboxylic acids is 1. The monoisotopic (exact) mass is 270 g/mol. The Hall–Kier alpha value is -2.33. The lowest BCUT2D eigenvalue weighted by atomic mass is 9.81. The van der Waals surface area contributed by atoms with Crippen LogP contribution in [0.2, 0.25) is 0 Å². The Morgan fingerprint density at radius 1 is 1.05 bits per heavy atom. The van der Waals surface area contributed by atoms with Gasteiger partial charge in [-0.25, -0.2) is 4.79 Å². The molecule has 0 fully saturated rings. The minimum absolute atomic E-state index is 0.565. The average molecular weight is 270 g/mol. The fraction of sp³-hybridized carbons (Fsp3) is 0.188. The average Bonchev–Trinajstić information content (AvgIpc) is 2.47. The summed E-state index contributed by atoms with van der Waals surface area (Å²) in [7, 11) is 0. The molecular formula is C16H18N2O2. The highest BCUT2D eigenvalue weighted by Gasteiger charge is 2.38. The first-order valence-electron chi connectivity index (χ1n) is 6.44. The Kier molecular flexibility index (Phi) is 4.05. The number of hydrogen-bond donors (Lipinski definition) is 3. The van der Waals surface area contributed by atoms with Gasteiger partial charge in [0.15, 0.2) is 0 Å².